The van der Waals surface area contributed by atoms with Crippen molar-refractivity contribution in [3.63, 3.8) is 0 Å². The fourth-order valence-corrected chi connectivity index (χ4v) is 3.68. The summed E-state index contributed by atoms with van der Waals surface area (Å²) in [5, 5.41) is 11.3. The fourth-order valence-electron chi connectivity index (χ4n) is 2.96. The fraction of sp³-hybridized carbons (Fsp3) is 0.765. The topological polar surface area (TPSA) is 97.6 Å². The van der Waals surface area contributed by atoms with Crippen molar-refractivity contribution in [2.45, 2.75) is 50.4 Å². The molecule has 1 N–H and O–H groups in total. The molecule has 1 amide bonds. The first-order valence-electron chi connectivity index (χ1n) is 9.02. The first kappa shape index (κ1) is 20.9. The van der Waals surface area contributed by atoms with Crippen molar-refractivity contribution < 1.29 is 18.7 Å². The Morgan fingerprint density at radius 3 is 2.73 bits per heavy atom. The summed E-state index contributed by atoms with van der Waals surface area (Å²) >= 11 is 1.40. The molecule has 1 atom stereocenters. The van der Waals surface area contributed by atoms with Crippen LogP contribution in [0.15, 0.2) is 9.64 Å². The lowest BCUT2D eigenvalue weighted by Gasteiger charge is -2.36. The van der Waals surface area contributed by atoms with Gasteiger partial charge in [0.2, 0.25) is 12.2 Å². The lowest BCUT2D eigenvalue weighted by Crippen LogP contribution is -2.49. The highest BCUT2D eigenvalue weighted by Gasteiger charge is 2.35. The molecule has 146 valence electrons. The van der Waals surface area contributed by atoms with E-state index in [9.17, 15) is 9.59 Å². The highest BCUT2D eigenvalue weighted by molar-refractivity contribution is 7.99. The number of ketones is 1. The van der Waals surface area contributed by atoms with Crippen molar-refractivity contribution in [3.8, 4) is 0 Å². The summed E-state index contributed by atoms with van der Waals surface area (Å²) in [6.07, 6.45) is 2.80. The average molecular weight is 385 g/mol. The van der Waals surface area contributed by atoms with Crippen molar-refractivity contribution >= 4 is 24.0 Å². The van der Waals surface area contributed by atoms with E-state index in [4.69, 9.17) is 9.15 Å². The minimum Gasteiger partial charge on any atom is -0.408 e. The molecule has 2 rings (SSSR count). The molecule has 1 fully saturated rings. The molecule has 8 nitrogen and oxygen atoms in total. The van der Waals surface area contributed by atoms with Gasteiger partial charge in [0.25, 0.3) is 11.1 Å². The summed E-state index contributed by atoms with van der Waals surface area (Å²) in [5.41, 5.74) is 0. The molecule has 0 spiro atoms. The molecule has 1 saturated heterocycles. The van der Waals surface area contributed by atoms with Gasteiger partial charge < -0.3 is 19.4 Å². The first-order chi connectivity index (χ1) is 12.6. The van der Waals surface area contributed by atoms with Crippen molar-refractivity contribution in [2.24, 2.45) is 5.92 Å². The van der Waals surface area contributed by atoms with Crippen molar-refractivity contribution in [2.75, 3.05) is 32.6 Å². The second kappa shape index (κ2) is 10.6. The van der Waals surface area contributed by atoms with E-state index < -0.39 is 6.04 Å². The quantitative estimate of drug-likeness (QED) is 0.266. The van der Waals surface area contributed by atoms with Crippen LogP contribution in [-0.2, 0) is 9.53 Å². The van der Waals surface area contributed by atoms with Gasteiger partial charge in [-0.1, -0.05) is 25.6 Å². The van der Waals surface area contributed by atoms with E-state index in [-0.39, 0.29) is 23.6 Å². The largest absolute Gasteiger partial charge is 0.408 e. The first-order valence-corrected chi connectivity index (χ1v) is 10.0. The molecule has 26 heavy (non-hydrogen) atoms. The number of Topliss-reactive ketones (excluding diaryl/α,β-unsaturated/α-hetero) is 1. The van der Waals surface area contributed by atoms with Crippen LogP contribution in [0.3, 0.4) is 0 Å². The normalized spacial score (nSPS) is 16.6. The maximum atomic E-state index is 13.0. The molecular weight excluding hydrogens is 356 g/mol. The second-order valence-corrected chi connectivity index (χ2v) is 7.78. The zero-order chi connectivity index (χ0) is 18.9. The summed E-state index contributed by atoms with van der Waals surface area (Å²) in [6.45, 7) is 6.06. The van der Waals surface area contributed by atoms with E-state index in [1.807, 2.05) is 20.9 Å². The third-order valence-electron chi connectivity index (χ3n) is 4.29. The number of carbonyl (C=O) groups excluding carboxylic acids is 2. The zero-order valence-electron chi connectivity index (χ0n) is 15.6. The van der Waals surface area contributed by atoms with Crippen molar-refractivity contribution in [3.05, 3.63) is 5.89 Å². The Labute approximate surface area is 158 Å². The van der Waals surface area contributed by atoms with Crippen LogP contribution in [0.25, 0.3) is 0 Å². The van der Waals surface area contributed by atoms with Crippen LogP contribution in [0.2, 0.25) is 0 Å². The molecule has 0 unspecified atom stereocenters. The Morgan fingerprint density at radius 1 is 1.38 bits per heavy atom. The molecule has 0 aromatic carbocycles. The predicted octanol–water partition coefficient (Wildman–Crippen LogP) is 1.62. The lowest BCUT2D eigenvalue weighted by molar-refractivity contribution is -0.124. The van der Waals surface area contributed by atoms with E-state index in [1.54, 1.807) is 4.90 Å². The van der Waals surface area contributed by atoms with E-state index in [0.29, 0.717) is 24.9 Å². The van der Waals surface area contributed by atoms with Crippen molar-refractivity contribution in [1.82, 2.24) is 20.4 Å². The number of rotatable bonds is 11. The van der Waals surface area contributed by atoms with E-state index >= 15 is 0 Å². The number of carbonyl (C=O) groups is 2. The molecule has 9 heteroatoms. The van der Waals surface area contributed by atoms with E-state index in [1.165, 1.54) is 11.8 Å². The van der Waals surface area contributed by atoms with Crippen LogP contribution >= 0.6 is 11.8 Å². The molecule has 2 heterocycles. The Kier molecular flexibility index (Phi) is 8.53. The molecule has 1 aromatic rings. The van der Waals surface area contributed by atoms with Gasteiger partial charge in [0.15, 0.2) is 0 Å². The lowest BCUT2D eigenvalue weighted by atomic mass is 9.95. The molecule has 0 radical (unpaired) electrons. The summed E-state index contributed by atoms with van der Waals surface area (Å²) in [5.74, 6) is 0.704. The highest BCUT2D eigenvalue weighted by Crippen LogP contribution is 2.23. The number of aromatic nitrogens is 2. The summed E-state index contributed by atoms with van der Waals surface area (Å²) < 4.78 is 10.9. The molecule has 0 aliphatic carbocycles. The van der Waals surface area contributed by atoms with Gasteiger partial charge in [0.1, 0.15) is 6.04 Å². The number of thioether (sulfide) groups is 1. The van der Waals surface area contributed by atoms with E-state index in [2.05, 4.69) is 15.5 Å². The van der Waals surface area contributed by atoms with Crippen LogP contribution in [-0.4, -0.2) is 71.9 Å². The second-order valence-electron chi connectivity index (χ2n) is 6.73. The van der Waals surface area contributed by atoms with Crippen LogP contribution in [0, 0.1) is 5.92 Å². The van der Waals surface area contributed by atoms with Gasteiger partial charge in [0, 0.05) is 31.6 Å². The van der Waals surface area contributed by atoms with Gasteiger partial charge >= 0.3 is 0 Å². The zero-order valence-corrected chi connectivity index (χ0v) is 16.5. The minimum absolute atomic E-state index is 0.00125. The van der Waals surface area contributed by atoms with E-state index in [0.717, 1.165) is 31.5 Å². The summed E-state index contributed by atoms with van der Waals surface area (Å²) in [4.78, 5) is 26.4. The van der Waals surface area contributed by atoms with Gasteiger partial charge in [-0.2, -0.15) is 0 Å². The van der Waals surface area contributed by atoms with Gasteiger partial charge in [-0.15, -0.1) is 10.2 Å². The average Bonchev–Trinajstić information content (AvgIpc) is 3.11. The van der Waals surface area contributed by atoms with Gasteiger partial charge in [-0.05, 0) is 32.2 Å². The number of hydrogen-bond donors (Lipinski definition) is 1. The molecule has 1 aliphatic heterocycles. The maximum Gasteiger partial charge on any atom is 0.286 e. The Hall–Kier alpha value is -1.45. The monoisotopic (exact) mass is 384 g/mol. The number of ether oxygens (including phenoxy) is 1. The Bertz CT molecular complexity index is 575. The van der Waals surface area contributed by atoms with Crippen molar-refractivity contribution in [1.29, 1.82) is 0 Å². The molecule has 1 aliphatic rings. The molecule has 0 bridgehead atoms. The highest BCUT2D eigenvalue weighted by atomic mass is 32.2. The number of nitrogens with one attached hydrogen (secondary N) is 1. The predicted molar refractivity (Wildman–Crippen MR) is 98.3 cm³/mol. The van der Waals surface area contributed by atoms with Crippen LogP contribution in [0.1, 0.15) is 43.8 Å². The van der Waals surface area contributed by atoms with Gasteiger partial charge in [0.05, 0.1) is 0 Å². The Balaban J connectivity index is 2.13. The number of amides is 1. The maximum absolute atomic E-state index is 13.0. The third kappa shape index (κ3) is 5.78. The van der Waals surface area contributed by atoms with Gasteiger partial charge in [-0.25, -0.2) is 0 Å². The smallest absolute Gasteiger partial charge is 0.286 e. The third-order valence-corrected chi connectivity index (χ3v) is 5.11. The summed E-state index contributed by atoms with van der Waals surface area (Å²) in [6, 6.07) is -0.590. The van der Waals surface area contributed by atoms with Crippen LogP contribution in [0.5, 0.6) is 0 Å². The van der Waals surface area contributed by atoms with Crippen LogP contribution < -0.4 is 5.32 Å². The SMILES string of the molecule is CNCCSc1nnc(C(=O)[C@H](CC(C)C)N(C=O)C2CCOCC2)o1. The van der Waals surface area contributed by atoms with Gasteiger partial charge in [-0.3, -0.25) is 9.59 Å². The molecule has 1 aromatic heterocycles. The summed E-state index contributed by atoms with van der Waals surface area (Å²) in [7, 11) is 1.87. The Morgan fingerprint density at radius 2 is 2.12 bits per heavy atom. The standard InChI is InChI=1S/C17H28N4O4S/c1-12(2)10-14(21(11-22)13-4-7-24-8-5-13)15(23)16-19-20-17(25-16)26-9-6-18-3/h11-14,18H,4-10H2,1-3H3/t14-/m0/s1. The minimum atomic E-state index is -0.591. The number of nitrogens with zero attached hydrogens (tertiary/aromatic N) is 3. The van der Waals surface area contributed by atoms with Crippen LogP contribution in [0.4, 0.5) is 0 Å². The molecule has 0 saturated carbocycles. The number of hydrogen-bond acceptors (Lipinski definition) is 8. The molecular formula is C17H28N4O4S.